The standard InChI is InChI=1S/C15H28N2O10.2C14H28N2O3.C8H15NO5.C6H11NO4S.C6H11NO3S.2C5H10O3.2C5H10O2S/c1-22-3-5-24-7-9-26-14(20)16-11-12(13(18)19)17-15(21)27-10-8-25-6-4-23-2;2*1-3-5-7-9-11(15)13(17)16-12(14(18)19)10-8-6-4-2;1-13-4-3-7(10)9-6(5-14-2)8(11)12;1-11-6(10)7-4(3-12-2)5(8)9;1-4(8)7-5(3-11-2)6(9)10;4*1-4(3-8-2)5(6)7/h12H,3-11H2,1-2H3,(H,16,20)(H,17,21)(H,18,19);2*11-12H,3-10,15H2,1-2H3,(H,16,17)(H,18,19);6H,3-5H2,1-2H3,(H,9,10)(H,11,12);4H,3H2,1-2H3,(H,7,10)(H,8,9);5H,3H2,1-2H3,(H,7,8)(H,9,10);4*4H,3H2,1-2H3,(H,6,7). The van der Waals surface area contributed by atoms with Crippen LogP contribution >= 0.6 is 47.0 Å². The summed E-state index contributed by atoms with van der Waals surface area (Å²) < 4.78 is 52.0. The molecule has 790 valence electrons. The van der Waals surface area contributed by atoms with Gasteiger partial charge in [0.15, 0.2) is 6.04 Å². The predicted molar refractivity (Wildman–Crippen MR) is 507 cm³/mol. The van der Waals surface area contributed by atoms with Gasteiger partial charge in [-0.05, 0) is 64.6 Å². The van der Waals surface area contributed by atoms with Crippen LogP contribution in [0.4, 0.5) is 14.4 Å². The summed E-state index contributed by atoms with van der Waals surface area (Å²) in [6.45, 7) is 18.4. The Balaban J connectivity index is -0.000000164. The molecule has 134 heavy (non-hydrogen) atoms. The minimum atomic E-state index is -1.38. The van der Waals surface area contributed by atoms with Crippen molar-refractivity contribution < 1.29 is 185 Å². The van der Waals surface area contributed by atoms with Gasteiger partial charge in [0.05, 0.1) is 115 Å². The van der Waals surface area contributed by atoms with Crippen LogP contribution in [-0.4, -0.2) is 385 Å². The molecule has 0 aromatic carbocycles. The van der Waals surface area contributed by atoms with Gasteiger partial charge < -0.3 is 152 Å². The largest absolute Gasteiger partial charge is 0.481 e. The summed E-state index contributed by atoms with van der Waals surface area (Å²) >= 11 is 5.84. The smallest absolute Gasteiger partial charge is 0.407 e. The highest BCUT2D eigenvalue weighted by atomic mass is 32.2. The quantitative estimate of drug-likeness (QED) is 0.0264. The van der Waals surface area contributed by atoms with Gasteiger partial charge in [-0.3, -0.25) is 38.4 Å². The van der Waals surface area contributed by atoms with Crippen LogP contribution in [0, 0.1) is 23.7 Å². The second-order valence-electron chi connectivity index (χ2n) is 28.4. The number of carboxylic acids is 10. The van der Waals surface area contributed by atoms with E-state index in [0.29, 0.717) is 75.1 Å². The van der Waals surface area contributed by atoms with Crippen LogP contribution < -0.4 is 48.7 Å². The summed E-state index contributed by atoms with van der Waals surface area (Å²) in [4.78, 5) is 184. The molecule has 0 spiro atoms. The fourth-order valence-electron chi connectivity index (χ4n) is 8.47. The van der Waals surface area contributed by atoms with Crippen molar-refractivity contribution in [1.82, 2.24) is 37.2 Å². The summed E-state index contributed by atoms with van der Waals surface area (Å²) in [6.07, 6.45) is 18.8. The Hall–Kier alpha value is -8.61. The number of carboxylic acid groups (broad SMARTS) is 10. The number of alkyl carbamates (subject to hydrolysis) is 3. The molecule has 0 saturated carbocycles. The summed E-state index contributed by atoms with van der Waals surface area (Å²) in [6, 6.07) is -6.83. The molecule has 0 aliphatic carbocycles. The number of unbranched alkanes of at least 4 members (excludes halogenated alkanes) is 8. The molecule has 0 saturated heterocycles. The van der Waals surface area contributed by atoms with E-state index in [1.54, 1.807) is 63.7 Å². The van der Waals surface area contributed by atoms with Crippen LogP contribution in [0.5, 0.6) is 0 Å². The lowest BCUT2D eigenvalue weighted by Gasteiger charge is -2.17. The summed E-state index contributed by atoms with van der Waals surface area (Å²) in [7, 11) is 10.1. The fourth-order valence-corrected chi connectivity index (χ4v) is 10.9. The predicted octanol–water partition coefficient (Wildman–Crippen LogP) is 5.49. The fraction of sp³-hybridized carbons (Fsp3) is 0.795. The lowest BCUT2D eigenvalue weighted by Crippen LogP contribution is -2.48. The van der Waals surface area contributed by atoms with Crippen molar-refractivity contribution in [2.24, 2.45) is 35.1 Å². The van der Waals surface area contributed by atoms with Gasteiger partial charge in [-0.25, -0.2) is 43.2 Å². The highest BCUT2D eigenvalue weighted by Crippen LogP contribution is 2.10. The number of rotatable bonds is 65. The van der Waals surface area contributed by atoms with Gasteiger partial charge in [-0.1, -0.05) is 119 Å². The van der Waals surface area contributed by atoms with Gasteiger partial charge in [0.1, 0.15) is 43.4 Å². The van der Waals surface area contributed by atoms with Crippen LogP contribution in [-0.2, 0) is 119 Å². The van der Waals surface area contributed by atoms with E-state index in [4.69, 9.17) is 91.0 Å². The number of amides is 7. The van der Waals surface area contributed by atoms with Crippen LogP contribution in [0.2, 0.25) is 0 Å². The van der Waals surface area contributed by atoms with Gasteiger partial charge >= 0.3 is 78.0 Å². The maximum Gasteiger partial charge on any atom is 0.407 e. The molecule has 12 unspecified atom stereocenters. The number of carbonyl (C=O) groups excluding carboxylic acids is 7. The van der Waals surface area contributed by atoms with E-state index in [1.807, 2.05) is 12.5 Å². The van der Waals surface area contributed by atoms with Gasteiger partial charge in [-0.15, -0.1) is 0 Å². The molecule has 7 amide bonds. The van der Waals surface area contributed by atoms with Crippen molar-refractivity contribution >= 4 is 149 Å². The van der Waals surface area contributed by atoms with E-state index in [-0.39, 0.29) is 113 Å². The average Bonchev–Trinajstić information content (AvgIpc) is 0.896. The molecule has 0 rings (SSSR count). The minimum Gasteiger partial charge on any atom is -0.481 e. The van der Waals surface area contributed by atoms with Crippen LogP contribution in [0.15, 0.2) is 0 Å². The molecule has 0 aromatic rings. The van der Waals surface area contributed by atoms with Gasteiger partial charge in [0.25, 0.3) is 0 Å². The van der Waals surface area contributed by atoms with E-state index < -0.39 is 126 Å². The number of carbonyl (C=O) groups is 17. The monoisotopic (exact) mass is 2020 g/mol. The molecule has 51 heteroatoms. The Kier molecular flexibility index (Phi) is 114. The maximum absolute atomic E-state index is 11.8. The zero-order valence-corrected chi connectivity index (χ0v) is 84.9. The third-order valence-corrected chi connectivity index (χ3v) is 19.1. The molecule has 47 nitrogen and oxygen atoms in total. The van der Waals surface area contributed by atoms with Gasteiger partial charge in [-0.2, -0.15) is 47.0 Å². The molecular formula is C83H161N9O38S4. The Morgan fingerprint density at radius 2 is 0.612 bits per heavy atom. The van der Waals surface area contributed by atoms with Crippen molar-refractivity contribution in [3.63, 3.8) is 0 Å². The minimum absolute atomic E-state index is 0.00811. The summed E-state index contributed by atoms with van der Waals surface area (Å²) in [5.41, 5.74) is 11.5. The molecule has 0 radical (unpaired) electrons. The third kappa shape index (κ3) is 107. The van der Waals surface area contributed by atoms with E-state index in [1.165, 1.54) is 80.2 Å². The number of thioether (sulfide) groups is 4. The molecule has 12 atom stereocenters. The highest BCUT2D eigenvalue weighted by molar-refractivity contribution is 7.99. The molecule has 0 aliphatic rings. The molecular weight excluding hydrogens is 1860 g/mol. The average molecular weight is 2020 g/mol. The number of methoxy groups -OCH3 is 7. The Labute approximate surface area is 805 Å². The number of hydrogen-bond acceptors (Lipinski definition) is 34. The molecule has 0 aromatic heterocycles. The number of aliphatic carboxylic acids is 10. The van der Waals surface area contributed by atoms with E-state index in [2.05, 4.69) is 88.6 Å². The zero-order chi connectivity index (χ0) is 105. The second-order valence-corrected chi connectivity index (χ2v) is 32.0. The van der Waals surface area contributed by atoms with Crippen molar-refractivity contribution in [2.75, 3.05) is 184 Å². The van der Waals surface area contributed by atoms with Gasteiger partial charge in [0.2, 0.25) is 23.6 Å². The number of nitrogens with one attached hydrogen (secondary N) is 7. The number of ether oxygens (including phenoxy) is 11. The zero-order valence-electron chi connectivity index (χ0n) is 81.7. The van der Waals surface area contributed by atoms with Crippen LogP contribution in [0.3, 0.4) is 0 Å². The Morgan fingerprint density at radius 3 is 0.881 bits per heavy atom. The third-order valence-electron chi connectivity index (χ3n) is 16.1. The van der Waals surface area contributed by atoms with Gasteiger partial charge in [0, 0.05) is 79.0 Å². The molecule has 0 bridgehead atoms. The first kappa shape index (κ1) is 146. The second kappa shape index (κ2) is 105. The SMILES string of the molecule is CCCCCC(N)C(=O)NC(CCCCC)C(=O)O.CCCCCC(N)C(=O)NC(CCCCC)C(=O)O.COC(=O)NC(CSC)C(=O)O.COCC(C)C(=O)O.COCC(C)C(=O)O.COCCC(=O)NC(COC)C(=O)O.COCCOCCOC(=O)NCC(NC(=O)OCCOCCOC)C(=O)O.CSCC(C)C(=O)O.CSCC(C)C(=O)O.CSCC(NC(C)=O)C(=O)O. The van der Waals surface area contributed by atoms with Crippen LogP contribution in [0.25, 0.3) is 0 Å². The van der Waals surface area contributed by atoms with Crippen LogP contribution in [0.1, 0.15) is 171 Å². The molecule has 0 aliphatic heterocycles. The Bertz CT molecular complexity index is 2920. The normalized spacial score (nSPS) is 12.7. The van der Waals surface area contributed by atoms with Crippen molar-refractivity contribution in [3.05, 3.63) is 0 Å². The van der Waals surface area contributed by atoms with E-state index in [0.717, 1.165) is 77.0 Å². The maximum atomic E-state index is 11.8. The molecule has 0 fully saturated rings. The topological polar surface area (TPSA) is 730 Å². The first-order valence-electron chi connectivity index (χ1n) is 42.8. The first-order chi connectivity index (χ1) is 63.1. The van der Waals surface area contributed by atoms with E-state index >= 15 is 0 Å². The number of hydrogen-bond donors (Lipinski definition) is 19. The lowest BCUT2D eigenvalue weighted by molar-refractivity contribution is -0.143. The first-order valence-corrected chi connectivity index (χ1v) is 48.4. The van der Waals surface area contributed by atoms with Crippen molar-refractivity contribution in [2.45, 2.75) is 220 Å². The number of nitrogens with two attached hydrogens (primary N) is 2. The Morgan fingerprint density at radius 1 is 0.306 bits per heavy atom. The summed E-state index contributed by atoms with van der Waals surface area (Å²) in [5.74, 6) is -9.94. The van der Waals surface area contributed by atoms with Crippen molar-refractivity contribution in [1.29, 1.82) is 0 Å². The van der Waals surface area contributed by atoms with Crippen molar-refractivity contribution in [3.8, 4) is 0 Å². The highest BCUT2D eigenvalue weighted by Gasteiger charge is 2.27. The lowest BCUT2D eigenvalue weighted by atomic mass is 10.1. The van der Waals surface area contributed by atoms with E-state index in [9.17, 15) is 81.5 Å². The molecule has 0 heterocycles. The molecule has 21 N–H and O–H groups in total. The summed E-state index contributed by atoms with van der Waals surface area (Å²) in [5, 5.41) is 102.